The summed E-state index contributed by atoms with van der Waals surface area (Å²) in [6, 6.07) is 0.620. The number of unbranched alkanes of at least 4 members (excludes halogenated alkanes) is 1. The predicted molar refractivity (Wildman–Crippen MR) is 90.3 cm³/mol. The van der Waals surface area contributed by atoms with E-state index in [4.69, 9.17) is 5.73 Å². The second kappa shape index (κ2) is 6.25. The minimum atomic E-state index is 0. The zero-order valence-corrected chi connectivity index (χ0v) is 14.1. The summed E-state index contributed by atoms with van der Waals surface area (Å²) in [6.45, 7) is 3.33. The van der Waals surface area contributed by atoms with Gasteiger partial charge in [0.2, 0.25) is 0 Å². The summed E-state index contributed by atoms with van der Waals surface area (Å²) >= 11 is 0. The fraction of sp³-hybridized carbons (Fsp3) is 0.316. The van der Waals surface area contributed by atoms with Crippen molar-refractivity contribution in [2.45, 2.75) is 31.8 Å². The maximum atomic E-state index is 5.96. The second-order valence-electron chi connectivity index (χ2n) is 6.17. The van der Waals surface area contributed by atoms with Crippen LogP contribution in [0.2, 0.25) is 0 Å². The monoisotopic (exact) mass is 327 g/mol. The number of fused-ring (bicyclic) bond motifs is 5. The van der Waals surface area contributed by atoms with Crippen molar-refractivity contribution in [2.75, 3.05) is 6.54 Å². The highest BCUT2D eigenvalue weighted by Gasteiger charge is 2.47. The van der Waals surface area contributed by atoms with Gasteiger partial charge in [-0.2, -0.15) is 0 Å². The zero-order valence-electron chi connectivity index (χ0n) is 13.3. The van der Waals surface area contributed by atoms with Gasteiger partial charge in [-0.15, -0.1) is 0 Å². The van der Waals surface area contributed by atoms with Crippen LogP contribution in [-0.2, 0) is 0 Å². The summed E-state index contributed by atoms with van der Waals surface area (Å²) in [7, 11) is 0. The lowest BCUT2D eigenvalue weighted by molar-refractivity contribution is -0.484. The summed E-state index contributed by atoms with van der Waals surface area (Å²) in [5.74, 6) is 1.32. The Morgan fingerprint density at radius 3 is 2.83 bits per heavy atom. The number of halogens is 1. The lowest BCUT2D eigenvalue weighted by Gasteiger charge is -2.30. The molecule has 0 saturated heterocycles. The molecule has 3 nitrogen and oxygen atoms in total. The first-order valence-corrected chi connectivity index (χ1v) is 8.14. The smallest absolute Gasteiger partial charge is 0.278 e. The van der Waals surface area contributed by atoms with Crippen LogP contribution in [0.5, 0.6) is 0 Å². The van der Waals surface area contributed by atoms with Crippen LogP contribution in [-0.4, -0.2) is 33.8 Å². The molecule has 2 aliphatic carbocycles. The fourth-order valence-electron chi connectivity index (χ4n) is 3.68. The third-order valence-electron chi connectivity index (χ3n) is 4.73. The molecule has 23 heavy (non-hydrogen) atoms. The highest BCUT2D eigenvalue weighted by Crippen LogP contribution is 2.35. The fourth-order valence-corrected chi connectivity index (χ4v) is 3.68. The average Bonchev–Trinajstić information content (AvgIpc) is 2.86. The Bertz CT molecular complexity index is 719. The first-order valence-electron chi connectivity index (χ1n) is 8.14. The van der Waals surface area contributed by atoms with Gasteiger partial charge in [0.15, 0.2) is 11.8 Å². The van der Waals surface area contributed by atoms with Gasteiger partial charge < -0.3 is 18.1 Å². The van der Waals surface area contributed by atoms with Crippen molar-refractivity contribution in [3.05, 3.63) is 71.8 Å². The van der Waals surface area contributed by atoms with Crippen LogP contribution < -0.4 is 18.1 Å². The van der Waals surface area contributed by atoms with Crippen LogP contribution in [0, 0.1) is 0 Å². The zero-order chi connectivity index (χ0) is 15.1. The molecule has 2 atom stereocenters. The molecule has 0 spiro atoms. The maximum absolute atomic E-state index is 5.96. The SMILES string of the molecule is CCCC[N+]1=C2C=CC=CC2N2C1=CC=C1C=C(N)C=CC12.[Cl-]. The Balaban J connectivity index is 0.00000156. The molecule has 4 aliphatic rings. The third kappa shape index (κ3) is 2.49. The summed E-state index contributed by atoms with van der Waals surface area (Å²) in [5, 5.41) is 0. The van der Waals surface area contributed by atoms with Crippen molar-refractivity contribution < 1.29 is 17.0 Å². The molecular formula is C19H22ClN3. The van der Waals surface area contributed by atoms with Crippen LogP contribution >= 0.6 is 0 Å². The van der Waals surface area contributed by atoms with Gasteiger partial charge in [-0.25, -0.2) is 9.48 Å². The van der Waals surface area contributed by atoms with Gasteiger partial charge >= 0.3 is 0 Å². The number of nitrogens with zero attached hydrogens (tertiary/aromatic N) is 2. The van der Waals surface area contributed by atoms with Crippen molar-refractivity contribution in [2.24, 2.45) is 5.73 Å². The largest absolute Gasteiger partial charge is 1.00 e. The van der Waals surface area contributed by atoms with Crippen molar-refractivity contribution in [1.29, 1.82) is 0 Å². The predicted octanol–water partition coefficient (Wildman–Crippen LogP) is -0.383. The van der Waals surface area contributed by atoms with E-state index in [0.29, 0.717) is 6.04 Å². The van der Waals surface area contributed by atoms with Crippen LogP contribution in [0.25, 0.3) is 0 Å². The van der Waals surface area contributed by atoms with E-state index < -0.39 is 0 Å². The minimum Gasteiger partial charge on any atom is -1.00 e. The standard InChI is InChI=1S/C19H22N3.ClH/c1-2-3-12-21-17-6-4-5-7-18(17)22-16-10-9-15(20)13-14(16)8-11-19(21)22;/h4-11,13,16,18H,2-3,12,20H2,1H3;1H/q+1;/p-1. The molecule has 0 fully saturated rings. The van der Waals surface area contributed by atoms with Gasteiger partial charge in [0.05, 0.1) is 6.54 Å². The molecule has 120 valence electrons. The van der Waals surface area contributed by atoms with Crippen molar-refractivity contribution in [1.82, 2.24) is 4.90 Å². The van der Waals surface area contributed by atoms with Crippen LogP contribution in [0.15, 0.2) is 71.8 Å². The van der Waals surface area contributed by atoms with E-state index >= 15 is 0 Å². The molecule has 0 bridgehead atoms. The molecule has 0 aromatic rings. The Labute approximate surface area is 144 Å². The average molecular weight is 328 g/mol. The van der Waals surface area contributed by atoms with Crippen molar-refractivity contribution in [3.8, 4) is 0 Å². The summed E-state index contributed by atoms with van der Waals surface area (Å²) in [4.78, 5) is 2.51. The summed E-state index contributed by atoms with van der Waals surface area (Å²) < 4.78 is 2.48. The molecule has 0 amide bonds. The van der Waals surface area contributed by atoms with E-state index in [1.807, 2.05) is 6.08 Å². The van der Waals surface area contributed by atoms with E-state index in [-0.39, 0.29) is 18.4 Å². The number of nitrogens with two attached hydrogens (primary N) is 1. The molecular weight excluding hydrogens is 306 g/mol. The molecule has 0 saturated carbocycles. The van der Waals surface area contributed by atoms with Crippen LogP contribution in [0.3, 0.4) is 0 Å². The molecule has 2 heterocycles. The van der Waals surface area contributed by atoms with Gasteiger partial charge in [-0.1, -0.05) is 25.5 Å². The second-order valence-corrected chi connectivity index (χ2v) is 6.17. The Hall–Kier alpha value is -2.00. The van der Waals surface area contributed by atoms with Gasteiger partial charge in [0.1, 0.15) is 6.04 Å². The molecule has 2 unspecified atom stereocenters. The molecule has 2 aliphatic heterocycles. The molecule has 0 radical (unpaired) electrons. The maximum Gasteiger partial charge on any atom is 0.278 e. The third-order valence-corrected chi connectivity index (χ3v) is 4.73. The minimum absolute atomic E-state index is 0. The number of hydrogen-bond donors (Lipinski definition) is 1. The first-order chi connectivity index (χ1) is 10.8. The Morgan fingerprint density at radius 1 is 1.13 bits per heavy atom. The van der Waals surface area contributed by atoms with Crippen LogP contribution in [0.4, 0.5) is 0 Å². The lowest BCUT2D eigenvalue weighted by atomic mass is 9.94. The van der Waals surface area contributed by atoms with E-state index in [1.165, 1.54) is 29.9 Å². The summed E-state index contributed by atoms with van der Waals surface area (Å²) in [5.41, 5.74) is 9.47. The molecule has 0 aromatic carbocycles. The first kappa shape index (κ1) is 15.9. The normalized spacial score (nSPS) is 26.8. The summed E-state index contributed by atoms with van der Waals surface area (Å²) in [6.07, 6.45) is 22.1. The highest BCUT2D eigenvalue weighted by atomic mass is 35.5. The number of hydrogen-bond acceptors (Lipinski definition) is 2. The van der Waals surface area contributed by atoms with E-state index in [9.17, 15) is 0 Å². The number of rotatable bonds is 3. The van der Waals surface area contributed by atoms with Gasteiger partial charge in [-0.3, -0.25) is 0 Å². The topological polar surface area (TPSA) is 32.3 Å². The van der Waals surface area contributed by atoms with Gasteiger partial charge in [0.25, 0.3) is 5.82 Å². The Kier molecular flexibility index (Phi) is 4.31. The molecule has 2 N–H and O–H groups in total. The van der Waals surface area contributed by atoms with Gasteiger partial charge in [-0.05, 0) is 42.9 Å². The lowest BCUT2D eigenvalue weighted by Crippen LogP contribution is -3.00. The number of allylic oxidation sites excluding steroid dienone is 5. The van der Waals surface area contributed by atoms with Crippen molar-refractivity contribution >= 4 is 5.71 Å². The quantitative estimate of drug-likeness (QED) is 0.717. The van der Waals surface area contributed by atoms with E-state index in [1.54, 1.807) is 0 Å². The molecule has 4 heteroatoms. The van der Waals surface area contributed by atoms with E-state index in [0.717, 1.165) is 12.2 Å². The van der Waals surface area contributed by atoms with Crippen molar-refractivity contribution in [3.63, 3.8) is 0 Å². The molecule has 0 aromatic heterocycles. The molecule has 4 rings (SSSR count). The Morgan fingerprint density at radius 2 is 2.00 bits per heavy atom. The van der Waals surface area contributed by atoms with E-state index in [2.05, 4.69) is 65.0 Å². The highest BCUT2D eigenvalue weighted by molar-refractivity contribution is 5.99. The van der Waals surface area contributed by atoms with Crippen LogP contribution in [0.1, 0.15) is 19.8 Å². The van der Waals surface area contributed by atoms with Gasteiger partial charge in [0, 0.05) is 17.3 Å².